The van der Waals surface area contributed by atoms with Gasteiger partial charge in [0.15, 0.2) is 0 Å². The van der Waals surface area contributed by atoms with Gasteiger partial charge in [-0.25, -0.2) is 9.37 Å². The number of ether oxygens (including phenoxy) is 1. The summed E-state index contributed by atoms with van der Waals surface area (Å²) in [7, 11) is 0. The molecule has 0 bridgehead atoms. The maximum atomic E-state index is 13.7. The Kier molecular flexibility index (Phi) is 4.12. The predicted octanol–water partition coefficient (Wildman–Crippen LogP) is 5.60. The van der Waals surface area contributed by atoms with Crippen LogP contribution < -0.4 is 4.74 Å². The van der Waals surface area contributed by atoms with E-state index in [0.717, 1.165) is 16.6 Å². The Labute approximate surface area is 149 Å². The van der Waals surface area contributed by atoms with Crippen molar-refractivity contribution in [2.75, 3.05) is 0 Å². The normalized spacial score (nSPS) is 11.0. The Hall–Kier alpha value is -2.85. The molecule has 3 aromatic carbocycles. The second-order valence-corrected chi connectivity index (χ2v) is 6.10. The van der Waals surface area contributed by atoms with Crippen LogP contribution in [0, 0.1) is 5.82 Å². The van der Waals surface area contributed by atoms with Crippen LogP contribution >= 0.6 is 11.6 Å². The minimum absolute atomic E-state index is 0.289. The third kappa shape index (κ3) is 3.35. The van der Waals surface area contributed by atoms with E-state index in [0.29, 0.717) is 22.2 Å². The number of halogens is 2. The van der Waals surface area contributed by atoms with E-state index in [9.17, 15) is 4.39 Å². The van der Waals surface area contributed by atoms with Gasteiger partial charge < -0.3 is 9.72 Å². The van der Waals surface area contributed by atoms with Crippen molar-refractivity contribution >= 4 is 22.6 Å². The summed E-state index contributed by atoms with van der Waals surface area (Å²) in [5, 5.41) is 0.637. The molecule has 0 unspecified atom stereocenters. The van der Waals surface area contributed by atoms with Crippen LogP contribution in [-0.2, 0) is 6.61 Å². The predicted molar refractivity (Wildman–Crippen MR) is 97.3 cm³/mol. The summed E-state index contributed by atoms with van der Waals surface area (Å²) in [5.41, 5.74) is 3.39. The van der Waals surface area contributed by atoms with Gasteiger partial charge >= 0.3 is 0 Å². The SMILES string of the molecule is Fc1ccc(-c2nc3ccccc3[nH]2)c(OCc2cccc(Cl)c2)c1. The fourth-order valence-corrected chi connectivity index (χ4v) is 2.89. The third-order valence-electron chi connectivity index (χ3n) is 3.87. The lowest BCUT2D eigenvalue weighted by Gasteiger charge is -2.10. The van der Waals surface area contributed by atoms with Crippen molar-refractivity contribution < 1.29 is 9.13 Å². The van der Waals surface area contributed by atoms with Crippen molar-refractivity contribution in [2.45, 2.75) is 6.61 Å². The van der Waals surface area contributed by atoms with Gasteiger partial charge in [-0.2, -0.15) is 0 Å². The number of rotatable bonds is 4. The van der Waals surface area contributed by atoms with Crippen LogP contribution in [0.4, 0.5) is 4.39 Å². The molecule has 1 heterocycles. The van der Waals surface area contributed by atoms with E-state index in [1.807, 2.05) is 42.5 Å². The van der Waals surface area contributed by atoms with Gasteiger partial charge in [0.1, 0.15) is 24.0 Å². The second-order valence-electron chi connectivity index (χ2n) is 5.66. The first-order valence-electron chi connectivity index (χ1n) is 7.81. The number of nitrogens with zero attached hydrogens (tertiary/aromatic N) is 1. The van der Waals surface area contributed by atoms with Crippen LogP contribution in [0.2, 0.25) is 5.02 Å². The Bertz CT molecular complexity index is 1010. The van der Waals surface area contributed by atoms with Crippen molar-refractivity contribution in [1.82, 2.24) is 9.97 Å². The summed E-state index contributed by atoms with van der Waals surface area (Å²) >= 11 is 5.99. The van der Waals surface area contributed by atoms with E-state index in [-0.39, 0.29) is 12.4 Å². The molecule has 0 aliphatic heterocycles. The molecule has 1 N–H and O–H groups in total. The lowest BCUT2D eigenvalue weighted by Crippen LogP contribution is -1.98. The molecule has 1 aromatic heterocycles. The highest BCUT2D eigenvalue weighted by atomic mass is 35.5. The molecule has 124 valence electrons. The number of fused-ring (bicyclic) bond motifs is 1. The van der Waals surface area contributed by atoms with Crippen molar-refractivity contribution in [3.63, 3.8) is 0 Å². The quantitative estimate of drug-likeness (QED) is 0.519. The fraction of sp³-hybridized carbons (Fsp3) is 0.0500. The molecule has 0 fully saturated rings. The van der Waals surface area contributed by atoms with E-state index in [4.69, 9.17) is 16.3 Å². The monoisotopic (exact) mass is 352 g/mol. The number of benzene rings is 3. The molecule has 0 atom stereocenters. The minimum Gasteiger partial charge on any atom is -0.488 e. The lowest BCUT2D eigenvalue weighted by atomic mass is 10.2. The summed E-state index contributed by atoms with van der Waals surface area (Å²) in [6.45, 7) is 0.289. The van der Waals surface area contributed by atoms with Crippen LogP contribution in [-0.4, -0.2) is 9.97 Å². The summed E-state index contributed by atoms with van der Waals surface area (Å²) < 4.78 is 19.6. The molecular weight excluding hydrogens is 339 g/mol. The van der Waals surface area contributed by atoms with Crippen molar-refractivity contribution in [3.05, 3.63) is 83.1 Å². The number of hydrogen-bond donors (Lipinski definition) is 1. The summed E-state index contributed by atoms with van der Waals surface area (Å²) in [6, 6.07) is 19.5. The molecule has 5 heteroatoms. The molecule has 0 saturated heterocycles. The number of hydrogen-bond acceptors (Lipinski definition) is 2. The fourth-order valence-electron chi connectivity index (χ4n) is 2.68. The maximum Gasteiger partial charge on any atom is 0.142 e. The van der Waals surface area contributed by atoms with E-state index in [2.05, 4.69) is 9.97 Å². The van der Waals surface area contributed by atoms with Crippen LogP contribution in [0.1, 0.15) is 5.56 Å². The number of aromatic amines is 1. The molecule has 0 radical (unpaired) electrons. The van der Waals surface area contributed by atoms with Gasteiger partial charge in [0, 0.05) is 11.1 Å². The number of nitrogens with one attached hydrogen (secondary N) is 1. The molecule has 0 aliphatic carbocycles. The number of para-hydroxylation sites is 2. The molecule has 25 heavy (non-hydrogen) atoms. The number of H-pyrrole nitrogens is 1. The van der Waals surface area contributed by atoms with E-state index >= 15 is 0 Å². The first kappa shape index (κ1) is 15.7. The maximum absolute atomic E-state index is 13.7. The molecule has 3 nitrogen and oxygen atoms in total. The largest absolute Gasteiger partial charge is 0.488 e. The Morgan fingerprint density at radius 1 is 1.00 bits per heavy atom. The molecule has 0 saturated carbocycles. The highest BCUT2D eigenvalue weighted by molar-refractivity contribution is 6.30. The van der Waals surface area contributed by atoms with Gasteiger partial charge in [-0.1, -0.05) is 35.9 Å². The van der Waals surface area contributed by atoms with E-state index in [1.165, 1.54) is 12.1 Å². The smallest absolute Gasteiger partial charge is 0.142 e. The molecule has 0 spiro atoms. The van der Waals surface area contributed by atoms with E-state index in [1.54, 1.807) is 12.1 Å². The molecule has 4 aromatic rings. The van der Waals surface area contributed by atoms with Gasteiger partial charge in [-0.3, -0.25) is 0 Å². The standard InChI is InChI=1S/C20H14ClFN2O/c21-14-5-3-4-13(10-14)12-25-19-11-15(22)8-9-16(19)20-23-17-6-1-2-7-18(17)24-20/h1-11H,12H2,(H,23,24). The van der Waals surface area contributed by atoms with Gasteiger partial charge in [0.05, 0.1) is 16.6 Å². The Morgan fingerprint density at radius 3 is 2.72 bits per heavy atom. The minimum atomic E-state index is -0.360. The van der Waals surface area contributed by atoms with Crippen LogP contribution in [0.25, 0.3) is 22.4 Å². The van der Waals surface area contributed by atoms with Crippen molar-refractivity contribution in [2.24, 2.45) is 0 Å². The molecule has 0 amide bonds. The third-order valence-corrected chi connectivity index (χ3v) is 4.11. The second kappa shape index (κ2) is 6.57. The first-order valence-corrected chi connectivity index (χ1v) is 8.19. The number of aromatic nitrogens is 2. The molecule has 4 rings (SSSR count). The average molecular weight is 353 g/mol. The van der Waals surface area contributed by atoms with Gasteiger partial charge in [0.25, 0.3) is 0 Å². The van der Waals surface area contributed by atoms with E-state index < -0.39 is 0 Å². The highest BCUT2D eigenvalue weighted by Crippen LogP contribution is 2.31. The van der Waals surface area contributed by atoms with Gasteiger partial charge in [-0.15, -0.1) is 0 Å². The zero-order valence-electron chi connectivity index (χ0n) is 13.2. The lowest BCUT2D eigenvalue weighted by molar-refractivity contribution is 0.306. The van der Waals surface area contributed by atoms with Crippen molar-refractivity contribution in [1.29, 1.82) is 0 Å². The zero-order chi connectivity index (χ0) is 17.2. The topological polar surface area (TPSA) is 37.9 Å². The highest BCUT2D eigenvalue weighted by Gasteiger charge is 2.12. The average Bonchev–Trinajstić information content (AvgIpc) is 3.04. The first-order chi connectivity index (χ1) is 12.2. The summed E-state index contributed by atoms with van der Waals surface area (Å²) in [5.74, 6) is 0.710. The molecule has 0 aliphatic rings. The van der Waals surface area contributed by atoms with Crippen molar-refractivity contribution in [3.8, 4) is 17.1 Å². The van der Waals surface area contributed by atoms with Gasteiger partial charge in [-0.05, 0) is 42.0 Å². The molecular formula is C20H14ClFN2O. The Balaban J connectivity index is 1.68. The summed E-state index contributed by atoms with van der Waals surface area (Å²) in [6.07, 6.45) is 0. The van der Waals surface area contributed by atoms with Gasteiger partial charge in [0.2, 0.25) is 0 Å². The van der Waals surface area contributed by atoms with Crippen LogP contribution in [0.5, 0.6) is 5.75 Å². The zero-order valence-corrected chi connectivity index (χ0v) is 13.9. The Morgan fingerprint density at radius 2 is 1.88 bits per heavy atom. The van der Waals surface area contributed by atoms with Crippen LogP contribution in [0.3, 0.4) is 0 Å². The summed E-state index contributed by atoms with van der Waals surface area (Å²) in [4.78, 5) is 7.81. The van der Waals surface area contributed by atoms with Crippen LogP contribution in [0.15, 0.2) is 66.7 Å². The number of imidazole rings is 1.